The number of allylic oxidation sites excluding steroid dienone is 1. The van der Waals surface area contributed by atoms with Crippen LogP contribution in [0.15, 0.2) is 63.6 Å². The number of methoxy groups -OCH3 is 2. The summed E-state index contributed by atoms with van der Waals surface area (Å²) in [7, 11) is -1.47. The maximum absolute atomic E-state index is 14.1. The lowest BCUT2D eigenvalue weighted by atomic mass is 9.97. The van der Waals surface area contributed by atoms with Crippen molar-refractivity contribution >= 4 is 45.1 Å². The van der Waals surface area contributed by atoms with Crippen LogP contribution in [0.2, 0.25) is 0 Å². The van der Waals surface area contributed by atoms with Crippen molar-refractivity contribution in [3.8, 4) is 22.8 Å². The number of aromatic amines is 1. The highest BCUT2D eigenvalue weighted by molar-refractivity contribution is 7.91. The Bertz CT molecular complexity index is 2300. The molecule has 0 bridgehead atoms. The van der Waals surface area contributed by atoms with Crippen molar-refractivity contribution in [3.63, 3.8) is 0 Å². The number of rotatable bonds is 10. The zero-order chi connectivity index (χ0) is 41.5. The Balaban J connectivity index is 1.05. The van der Waals surface area contributed by atoms with E-state index >= 15 is 0 Å². The van der Waals surface area contributed by atoms with Crippen molar-refractivity contribution in [3.05, 3.63) is 60.2 Å². The quantitative estimate of drug-likeness (QED) is 0.181. The number of sulfone groups is 1. The number of alkyl carbamates (subject to hydrolysis) is 2. The van der Waals surface area contributed by atoms with E-state index in [1.165, 1.54) is 14.2 Å². The molecule has 0 radical (unpaired) electrons. The maximum atomic E-state index is 14.1. The van der Waals surface area contributed by atoms with E-state index in [0.29, 0.717) is 43.0 Å². The van der Waals surface area contributed by atoms with E-state index in [1.54, 1.807) is 58.6 Å². The molecule has 3 aromatic rings. The number of imidazole rings is 1. The molecule has 7 rings (SSSR count). The monoisotopic (exact) mass is 815 g/mol. The van der Waals surface area contributed by atoms with E-state index in [2.05, 4.69) is 20.6 Å². The second-order valence-electron chi connectivity index (χ2n) is 15.7. The zero-order valence-corrected chi connectivity index (χ0v) is 34.2. The van der Waals surface area contributed by atoms with E-state index in [4.69, 9.17) is 19.2 Å². The molecule has 2 saturated heterocycles. The Labute approximate surface area is 337 Å². The number of hydrogen-bond donors (Lipinski definition) is 3. The van der Waals surface area contributed by atoms with Crippen molar-refractivity contribution in [2.45, 2.75) is 93.8 Å². The highest BCUT2D eigenvalue weighted by atomic mass is 32.2. The van der Waals surface area contributed by atoms with E-state index < -0.39 is 34.1 Å². The zero-order valence-electron chi connectivity index (χ0n) is 33.4. The molecule has 3 N–H and O–H groups in total. The van der Waals surface area contributed by atoms with Gasteiger partial charge in [-0.3, -0.25) is 14.6 Å². The number of ether oxygens (including phenoxy) is 3. The average molecular weight is 816 g/mol. The highest BCUT2D eigenvalue weighted by Crippen LogP contribution is 2.45. The third-order valence-corrected chi connectivity index (χ3v) is 13.1. The SMILES string of the molecule is COC(=O)N[C@H](C(=O)N1CCC[C@H]1C1=NC=C(c2ccc3c(c2)Oc2ccc(-c4cnc([C@@H]5CCCN5C(=O)[C@@H](NC(=O)OC)C(C)C)[nH]4)cc2S3(=O)=O)C1)C(C)C. The number of carbonyl (C=O) groups excluding carboxylic acids is 4. The minimum atomic E-state index is -3.99. The second-order valence-corrected chi connectivity index (χ2v) is 17.5. The van der Waals surface area contributed by atoms with Gasteiger partial charge in [0, 0.05) is 37.0 Å². The molecule has 16 nitrogen and oxygen atoms in total. The molecule has 4 amide bonds. The van der Waals surface area contributed by atoms with Gasteiger partial charge in [0.1, 0.15) is 39.2 Å². The third kappa shape index (κ3) is 7.66. The summed E-state index contributed by atoms with van der Waals surface area (Å²) < 4.78 is 43.9. The number of amides is 4. The summed E-state index contributed by atoms with van der Waals surface area (Å²) in [5.41, 5.74) is 3.60. The van der Waals surface area contributed by atoms with E-state index in [0.717, 1.165) is 36.1 Å². The number of fused-ring (bicyclic) bond motifs is 2. The molecule has 1 aromatic heterocycles. The van der Waals surface area contributed by atoms with Crippen LogP contribution in [-0.4, -0.2) is 103 Å². The normalized spacial score (nSPS) is 20.4. The summed E-state index contributed by atoms with van der Waals surface area (Å²) in [5, 5.41) is 5.32. The molecule has 2 fully saturated rings. The minimum absolute atomic E-state index is 0.0193. The molecular formula is C41H49N7O9S. The van der Waals surface area contributed by atoms with Crippen molar-refractivity contribution in [1.29, 1.82) is 0 Å². The Morgan fingerprint density at radius 3 is 2.03 bits per heavy atom. The Kier molecular flexibility index (Phi) is 11.4. The van der Waals surface area contributed by atoms with Crippen LogP contribution in [0.25, 0.3) is 16.8 Å². The number of likely N-dealkylation sites (tertiary alicyclic amines) is 2. The lowest BCUT2D eigenvalue weighted by Gasteiger charge is -2.31. The fourth-order valence-corrected chi connectivity index (χ4v) is 9.65. The van der Waals surface area contributed by atoms with E-state index in [1.807, 2.05) is 27.7 Å². The number of nitrogens with one attached hydrogen (secondary N) is 3. The average Bonchev–Trinajstić information content (AvgIpc) is 4.05. The first kappa shape index (κ1) is 40.5. The van der Waals surface area contributed by atoms with Crippen LogP contribution >= 0.6 is 0 Å². The van der Waals surface area contributed by atoms with Crippen LogP contribution in [0.3, 0.4) is 0 Å². The summed E-state index contributed by atoms with van der Waals surface area (Å²) in [4.78, 5) is 67.4. The molecule has 0 aliphatic carbocycles. The van der Waals surface area contributed by atoms with Crippen LogP contribution in [0, 0.1) is 11.8 Å². The van der Waals surface area contributed by atoms with Gasteiger partial charge in [-0.2, -0.15) is 0 Å². The summed E-state index contributed by atoms with van der Waals surface area (Å²) in [6.45, 7) is 8.50. The number of nitrogens with zero attached hydrogens (tertiary/aromatic N) is 4. The van der Waals surface area contributed by atoms with Crippen molar-refractivity contribution < 1.29 is 41.8 Å². The van der Waals surface area contributed by atoms with Crippen LogP contribution in [0.4, 0.5) is 9.59 Å². The standard InChI is InChI=1S/C41H49N7O9S/c1-22(2)35(45-40(51)55-5)38(49)47-15-7-9-29(47)27-17-26(20-42-27)24-12-14-33-32(18-24)57-31-13-11-25(19-34(31)58(33,53)54)28-21-43-37(44-28)30-10-8-16-48(30)39(50)36(23(3)4)46-41(52)56-6/h11-14,18-23,29-30,35-36H,7-10,15-17H2,1-6H3,(H,43,44)(H,45,51)(H,46,52)/t29-,30-,35-,36-/m0/s1. The minimum Gasteiger partial charge on any atom is -0.455 e. The number of benzene rings is 2. The van der Waals surface area contributed by atoms with Gasteiger partial charge in [0.05, 0.1) is 38.2 Å². The fourth-order valence-electron chi connectivity index (χ4n) is 8.14. The first-order chi connectivity index (χ1) is 27.7. The van der Waals surface area contributed by atoms with Crippen LogP contribution in [0.5, 0.6) is 11.5 Å². The Hall–Kier alpha value is -5.71. The van der Waals surface area contributed by atoms with Gasteiger partial charge in [0.2, 0.25) is 21.7 Å². The van der Waals surface area contributed by atoms with Crippen molar-refractivity contribution in [1.82, 2.24) is 30.4 Å². The molecule has 0 spiro atoms. The number of aliphatic imine (C=N–C) groups is 1. The summed E-state index contributed by atoms with van der Waals surface area (Å²) in [6, 6.07) is 7.85. The van der Waals surface area contributed by atoms with Gasteiger partial charge in [0.15, 0.2) is 0 Å². The van der Waals surface area contributed by atoms with Gasteiger partial charge in [-0.1, -0.05) is 33.8 Å². The second kappa shape index (κ2) is 16.3. The van der Waals surface area contributed by atoms with Crippen molar-refractivity contribution in [2.75, 3.05) is 27.3 Å². The first-order valence-electron chi connectivity index (χ1n) is 19.5. The number of aromatic nitrogens is 2. The first-order valence-corrected chi connectivity index (χ1v) is 21.0. The molecule has 2 aromatic carbocycles. The third-order valence-electron chi connectivity index (χ3n) is 11.3. The predicted octanol–water partition coefficient (Wildman–Crippen LogP) is 5.62. The van der Waals surface area contributed by atoms with Gasteiger partial charge in [-0.15, -0.1) is 0 Å². The maximum Gasteiger partial charge on any atom is 0.407 e. The number of carbonyl (C=O) groups is 4. The molecule has 4 aliphatic heterocycles. The lowest BCUT2D eigenvalue weighted by molar-refractivity contribution is -0.135. The van der Waals surface area contributed by atoms with Crippen LogP contribution < -0.4 is 15.4 Å². The lowest BCUT2D eigenvalue weighted by Crippen LogP contribution is -2.53. The summed E-state index contributed by atoms with van der Waals surface area (Å²) >= 11 is 0. The molecule has 17 heteroatoms. The molecule has 0 saturated carbocycles. The molecule has 0 unspecified atom stereocenters. The fraction of sp³-hybridized carbons (Fsp3) is 0.463. The molecule has 308 valence electrons. The summed E-state index contributed by atoms with van der Waals surface area (Å²) in [5.74, 6) is 0.226. The Morgan fingerprint density at radius 1 is 0.810 bits per heavy atom. The van der Waals surface area contributed by atoms with Gasteiger partial charge in [0.25, 0.3) is 0 Å². The van der Waals surface area contributed by atoms with E-state index in [9.17, 15) is 27.6 Å². The molecule has 58 heavy (non-hydrogen) atoms. The smallest absolute Gasteiger partial charge is 0.407 e. The molecular weight excluding hydrogens is 767 g/mol. The topological polar surface area (TPSA) is 202 Å². The number of hydrogen-bond acceptors (Lipinski definition) is 11. The largest absolute Gasteiger partial charge is 0.455 e. The Morgan fingerprint density at radius 2 is 1.41 bits per heavy atom. The van der Waals surface area contributed by atoms with Crippen molar-refractivity contribution in [2.24, 2.45) is 16.8 Å². The van der Waals surface area contributed by atoms with Gasteiger partial charge >= 0.3 is 12.2 Å². The van der Waals surface area contributed by atoms with Crippen LogP contribution in [-0.2, 0) is 28.9 Å². The van der Waals surface area contributed by atoms with Gasteiger partial charge in [-0.05, 0) is 79.0 Å². The summed E-state index contributed by atoms with van der Waals surface area (Å²) in [6.07, 6.45) is 5.48. The van der Waals surface area contributed by atoms with Crippen LogP contribution in [0.1, 0.15) is 77.2 Å². The van der Waals surface area contributed by atoms with Gasteiger partial charge < -0.3 is 39.6 Å². The molecule has 4 atom stereocenters. The highest BCUT2D eigenvalue weighted by Gasteiger charge is 2.40. The molecule has 5 heterocycles. The van der Waals surface area contributed by atoms with E-state index in [-0.39, 0.29) is 57.0 Å². The predicted molar refractivity (Wildman–Crippen MR) is 213 cm³/mol. The molecule has 4 aliphatic rings. The number of H-pyrrole nitrogens is 1. The van der Waals surface area contributed by atoms with Gasteiger partial charge in [-0.25, -0.2) is 23.0 Å².